The number of hydrogen-bond donors (Lipinski definition) is 2. The lowest BCUT2D eigenvalue weighted by Crippen LogP contribution is -2.19. The number of aromatic nitrogens is 1. The van der Waals surface area contributed by atoms with Crippen molar-refractivity contribution in [3.63, 3.8) is 0 Å². The van der Waals surface area contributed by atoms with Crippen molar-refractivity contribution in [2.75, 3.05) is 12.8 Å². The fourth-order valence-corrected chi connectivity index (χ4v) is 1.87. The van der Waals surface area contributed by atoms with Gasteiger partial charge >= 0.3 is 5.97 Å². The van der Waals surface area contributed by atoms with Gasteiger partial charge in [-0.25, -0.2) is 0 Å². The largest absolute Gasteiger partial charge is 0.481 e. The third-order valence-electron chi connectivity index (χ3n) is 1.78. The van der Waals surface area contributed by atoms with Gasteiger partial charge in [0.1, 0.15) is 5.69 Å². The molecule has 0 aliphatic rings. The smallest absolute Gasteiger partial charge is 0.304 e. The number of carboxylic acids is 1. The minimum absolute atomic E-state index is 0.0995. The summed E-state index contributed by atoms with van der Waals surface area (Å²) < 4.78 is 0. The number of aliphatic carboxylic acids is 1. The van der Waals surface area contributed by atoms with Crippen molar-refractivity contribution in [1.82, 2.24) is 10.3 Å². The number of carboxylic acid groups (broad SMARTS) is 1. The minimum atomic E-state index is -0.826. The van der Waals surface area contributed by atoms with Crippen LogP contribution in [0.3, 0.4) is 0 Å². The Morgan fingerprint density at radius 2 is 2.31 bits per heavy atom. The zero-order valence-corrected chi connectivity index (χ0v) is 9.58. The fourth-order valence-electron chi connectivity index (χ4n) is 1.01. The summed E-state index contributed by atoms with van der Waals surface area (Å²) in [6.07, 6.45) is 1.63. The van der Waals surface area contributed by atoms with Gasteiger partial charge in [-0.2, -0.15) is 0 Å². The van der Waals surface area contributed by atoms with E-state index < -0.39 is 5.97 Å². The Balaban J connectivity index is 2.60. The molecule has 2 N–H and O–H groups in total. The molecule has 0 saturated carbocycles. The van der Waals surface area contributed by atoms with Crippen LogP contribution in [0, 0.1) is 0 Å². The van der Waals surface area contributed by atoms with Crippen LogP contribution >= 0.6 is 11.8 Å². The van der Waals surface area contributed by atoms with Crippen LogP contribution in [0.5, 0.6) is 0 Å². The summed E-state index contributed by atoms with van der Waals surface area (Å²) in [4.78, 5) is 26.3. The molecule has 0 atom stereocenters. The zero-order chi connectivity index (χ0) is 12.0. The molecule has 16 heavy (non-hydrogen) atoms. The van der Waals surface area contributed by atoms with Gasteiger partial charge in [-0.3, -0.25) is 14.6 Å². The van der Waals surface area contributed by atoms with Gasteiger partial charge in [0.05, 0.1) is 6.42 Å². The summed E-state index contributed by atoms with van der Waals surface area (Å²) >= 11 is 1.39. The molecule has 0 spiro atoms. The molecule has 5 nitrogen and oxygen atoms in total. The van der Waals surface area contributed by atoms with E-state index in [1.807, 2.05) is 0 Å². The quantitative estimate of drug-likeness (QED) is 0.751. The van der Waals surface area contributed by atoms with E-state index in [4.69, 9.17) is 5.11 Å². The molecule has 0 aliphatic heterocycles. The number of hydrogen-bond acceptors (Lipinski definition) is 4. The number of nitrogens with zero attached hydrogens (tertiary/aromatic N) is 1. The van der Waals surface area contributed by atoms with E-state index in [9.17, 15) is 9.59 Å². The van der Waals surface area contributed by atoms with Gasteiger partial charge in [0, 0.05) is 23.9 Å². The molecule has 6 heteroatoms. The number of pyridine rings is 1. The van der Waals surface area contributed by atoms with Crippen LogP contribution in [0.4, 0.5) is 0 Å². The van der Waals surface area contributed by atoms with Crippen molar-refractivity contribution in [3.05, 3.63) is 24.0 Å². The first-order chi connectivity index (χ1) is 7.63. The fraction of sp³-hybridized carbons (Fsp3) is 0.300. The third-order valence-corrected chi connectivity index (χ3v) is 2.77. The number of rotatable bonds is 5. The lowest BCUT2D eigenvalue weighted by atomic mass is 10.3. The Labute approximate surface area is 97.3 Å². The highest BCUT2D eigenvalue weighted by molar-refractivity contribution is 7.99. The zero-order valence-electron chi connectivity index (χ0n) is 8.77. The van der Waals surface area contributed by atoms with Gasteiger partial charge in [-0.05, 0) is 12.1 Å². The second-order valence-corrected chi connectivity index (χ2v) is 4.12. The number of amides is 1. The molecule has 0 saturated heterocycles. The summed E-state index contributed by atoms with van der Waals surface area (Å²) in [5.41, 5.74) is 0.336. The van der Waals surface area contributed by atoms with Crippen LogP contribution in [0.2, 0.25) is 0 Å². The van der Waals surface area contributed by atoms with Crippen molar-refractivity contribution in [1.29, 1.82) is 0 Å². The summed E-state index contributed by atoms with van der Waals surface area (Å²) in [5.74, 6) is -0.597. The van der Waals surface area contributed by atoms with E-state index >= 15 is 0 Å². The van der Waals surface area contributed by atoms with Gasteiger partial charge in [0.2, 0.25) is 0 Å². The highest BCUT2D eigenvalue weighted by Crippen LogP contribution is 2.18. The molecule has 1 rings (SSSR count). The van der Waals surface area contributed by atoms with Crippen molar-refractivity contribution in [2.45, 2.75) is 11.3 Å². The van der Waals surface area contributed by atoms with Crippen molar-refractivity contribution in [2.24, 2.45) is 0 Å². The summed E-state index contributed by atoms with van der Waals surface area (Å²) in [5, 5.41) is 11.0. The van der Waals surface area contributed by atoms with E-state index in [1.54, 1.807) is 12.1 Å². The van der Waals surface area contributed by atoms with Crippen molar-refractivity contribution >= 4 is 23.6 Å². The monoisotopic (exact) mass is 240 g/mol. The number of carbonyl (C=O) groups excluding carboxylic acids is 1. The SMILES string of the molecule is CNC(=O)c1cc(SCCC(=O)O)ccn1. The normalized spacial score (nSPS) is 9.81. The molecule has 1 heterocycles. The predicted molar refractivity (Wildman–Crippen MR) is 60.6 cm³/mol. The molecule has 0 unspecified atom stereocenters. The first-order valence-electron chi connectivity index (χ1n) is 4.66. The van der Waals surface area contributed by atoms with Crippen LogP contribution in [-0.2, 0) is 4.79 Å². The molecule has 0 bridgehead atoms. The van der Waals surface area contributed by atoms with E-state index in [0.29, 0.717) is 11.4 Å². The Morgan fingerprint density at radius 1 is 1.56 bits per heavy atom. The lowest BCUT2D eigenvalue weighted by molar-refractivity contribution is -0.136. The molecular formula is C10H12N2O3S. The van der Waals surface area contributed by atoms with E-state index in [0.717, 1.165) is 4.90 Å². The van der Waals surface area contributed by atoms with Gasteiger partial charge in [-0.15, -0.1) is 11.8 Å². The maximum absolute atomic E-state index is 11.3. The molecule has 86 valence electrons. The first-order valence-corrected chi connectivity index (χ1v) is 5.64. The number of nitrogens with one attached hydrogen (secondary N) is 1. The average Bonchev–Trinajstić information content (AvgIpc) is 2.28. The second-order valence-electron chi connectivity index (χ2n) is 2.95. The van der Waals surface area contributed by atoms with Crippen LogP contribution < -0.4 is 5.32 Å². The average molecular weight is 240 g/mol. The third kappa shape index (κ3) is 3.90. The maximum atomic E-state index is 11.3. The van der Waals surface area contributed by atoms with Gasteiger partial charge in [0.15, 0.2) is 0 Å². The summed E-state index contributed by atoms with van der Waals surface area (Å²) in [7, 11) is 1.54. The lowest BCUT2D eigenvalue weighted by Gasteiger charge is -2.02. The minimum Gasteiger partial charge on any atom is -0.481 e. The highest BCUT2D eigenvalue weighted by atomic mass is 32.2. The van der Waals surface area contributed by atoms with Crippen LogP contribution in [0.1, 0.15) is 16.9 Å². The Bertz CT molecular complexity index is 395. The Hall–Kier alpha value is -1.56. The Kier molecular flexibility index (Phi) is 4.78. The van der Waals surface area contributed by atoms with Gasteiger partial charge in [-0.1, -0.05) is 0 Å². The summed E-state index contributed by atoms with van der Waals surface area (Å²) in [6, 6.07) is 3.39. The van der Waals surface area contributed by atoms with Crippen molar-refractivity contribution in [3.8, 4) is 0 Å². The van der Waals surface area contributed by atoms with Crippen molar-refractivity contribution < 1.29 is 14.7 Å². The van der Waals surface area contributed by atoms with E-state index in [2.05, 4.69) is 10.3 Å². The topological polar surface area (TPSA) is 79.3 Å². The van der Waals surface area contributed by atoms with Gasteiger partial charge < -0.3 is 10.4 Å². The molecule has 0 aromatic carbocycles. The molecule has 1 amide bonds. The maximum Gasteiger partial charge on any atom is 0.304 e. The summed E-state index contributed by atoms with van der Waals surface area (Å²) in [6.45, 7) is 0. The molecule has 0 aliphatic carbocycles. The number of thioether (sulfide) groups is 1. The Morgan fingerprint density at radius 3 is 2.94 bits per heavy atom. The highest BCUT2D eigenvalue weighted by Gasteiger charge is 2.06. The van der Waals surface area contributed by atoms with Crippen LogP contribution in [0.15, 0.2) is 23.2 Å². The first kappa shape index (κ1) is 12.5. The molecule has 1 aromatic rings. The van der Waals surface area contributed by atoms with E-state index in [-0.39, 0.29) is 12.3 Å². The molecule has 1 aromatic heterocycles. The molecular weight excluding hydrogens is 228 g/mol. The second kappa shape index (κ2) is 6.12. The van der Waals surface area contributed by atoms with E-state index in [1.165, 1.54) is 25.0 Å². The number of carbonyl (C=O) groups is 2. The predicted octanol–water partition coefficient (Wildman–Crippen LogP) is 1.01. The standard InChI is InChI=1S/C10H12N2O3S/c1-11-10(15)8-6-7(2-4-12-8)16-5-3-9(13)14/h2,4,6H,3,5H2,1H3,(H,11,15)(H,13,14). The molecule has 0 fully saturated rings. The molecule has 0 radical (unpaired) electrons. The van der Waals surface area contributed by atoms with Crippen LogP contribution in [0.25, 0.3) is 0 Å². The van der Waals surface area contributed by atoms with Gasteiger partial charge in [0.25, 0.3) is 5.91 Å². The van der Waals surface area contributed by atoms with Crippen LogP contribution in [-0.4, -0.2) is 34.8 Å².